The summed E-state index contributed by atoms with van der Waals surface area (Å²) in [5.41, 5.74) is 1.27. The van der Waals surface area contributed by atoms with Crippen LogP contribution in [0.3, 0.4) is 0 Å². The molecule has 7 heteroatoms. The zero-order chi connectivity index (χ0) is 20.6. The van der Waals surface area contributed by atoms with Crippen LogP contribution in [0, 0.1) is 17.3 Å². The number of aromatic nitrogens is 3. The molecule has 1 aliphatic heterocycles. The fourth-order valence-electron chi connectivity index (χ4n) is 4.14. The molecule has 0 aliphatic carbocycles. The molecule has 0 amide bonds. The van der Waals surface area contributed by atoms with Gasteiger partial charge in [-0.3, -0.25) is 9.69 Å². The van der Waals surface area contributed by atoms with Crippen molar-refractivity contribution in [2.45, 2.75) is 33.7 Å². The van der Waals surface area contributed by atoms with Gasteiger partial charge < -0.3 is 4.74 Å². The molecule has 0 aromatic carbocycles. The van der Waals surface area contributed by atoms with E-state index in [2.05, 4.69) is 53.4 Å². The minimum absolute atomic E-state index is 0.0745. The smallest absolute Gasteiger partial charge is 0.309 e. The highest BCUT2D eigenvalue weighted by molar-refractivity contribution is 7.17. The van der Waals surface area contributed by atoms with Gasteiger partial charge in [0.25, 0.3) is 0 Å². The number of methoxy groups -OCH3 is 1. The molecule has 0 radical (unpaired) electrons. The third-order valence-corrected chi connectivity index (χ3v) is 6.82. The Morgan fingerprint density at radius 2 is 2.14 bits per heavy atom. The van der Waals surface area contributed by atoms with Crippen molar-refractivity contribution >= 4 is 27.4 Å². The number of hydrogen-bond donors (Lipinski definition) is 0. The Bertz CT molecular complexity index is 1000. The SMILES string of the molecule is COC(=O)[C@@H]1C[C@@H](C(C)(C)C)CN(Cc2cnn(-c3nccc4ccsc34)c2)C1. The van der Waals surface area contributed by atoms with E-state index < -0.39 is 0 Å². The molecule has 3 aromatic heterocycles. The van der Waals surface area contributed by atoms with E-state index in [9.17, 15) is 4.79 Å². The van der Waals surface area contributed by atoms with Gasteiger partial charge in [-0.15, -0.1) is 11.3 Å². The van der Waals surface area contributed by atoms with Crippen LogP contribution in [0.25, 0.3) is 15.9 Å². The molecule has 2 atom stereocenters. The number of nitrogens with zero attached hydrogens (tertiary/aromatic N) is 4. The molecule has 4 heterocycles. The fourth-order valence-corrected chi connectivity index (χ4v) is 5.02. The molecule has 0 saturated carbocycles. The normalized spacial score (nSPS) is 20.8. The molecule has 29 heavy (non-hydrogen) atoms. The number of rotatable bonds is 4. The number of piperidine rings is 1. The molecule has 3 aromatic rings. The summed E-state index contributed by atoms with van der Waals surface area (Å²) >= 11 is 1.68. The van der Waals surface area contributed by atoms with Gasteiger partial charge in [0.05, 0.1) is 23.9 Å². The lowest BCUT2D eigenvalue weighted by atomic mass is 9.73. The molecule has 1 saturated heterocycles. The zero-order valence-corrected chi connectivity index (χ0v) is 18.3. The molecule has 0 spiro atoms. The molecule has 4 rings (SSSR count). The Hall–Kier alpha value is -2.25. The van der Waals surface area contributed by atoms with Crippen molar-refractivity contribution in [2.75, 3.05) is 20.2 Å². The highest BCUT2D eigenvalue weighted by atomic mass is 32.1. The highest BCUT2D eigenvalue weighted by Gasteiger charge is 2.37. The van der Waals surface area contributed by atoms with Crippen LogP contribution in [0.4, 0.5) is 0 Å². The van der Waals surface area contributed by atoms with Crippen LogP contribution < -0.4 is 0 Å². The number of carbonyl (C=O) groups is 1. The van der Waals surface area contributed by atoms with E-state index in [-0.39, 0.29) is 17.3 Å². The summed E-state index contributed by atoms with van der Waals surface area (Å²) in [5, 5.41) is 7.82. The number of likely N-dealkylation sites (tertiary alicyclic amines) is 1. The maximum Gasteiger partial charge on any atom is 0.309 e. The molecule has 1 fully saturated rings. The van der Waals surface area contributed by atoms with Gasteiger partial charge in [-0.25, -0.2) is 9.67 Å². The number of carbonyl (C=O) groups excluding carboxylic acids is 1. The first-order chi connectivity index (χ1) is 13.8. The number of ether oxygens (including phenoxy) is 1. The maximum atomic E-state index is 12.3. The standard InChI is InChI=1S/C22H28N4O2S/c1-22(2,3)18-9-17(21(27)28-4)13-25(14-18)11-15-10-24-26(12-15)20-19-16(5-7-23-20)6-8-29-19/h5-8,10,12,17-18H,9,11,13-14H2,1-4H3/t17-,18-/m1/s1. The highest BCUT2D eigenvalue weighted by Crippen LogP contribution is 2.36. The Labute approximate surface area is 175 Å². The van der Waals surface area contributed by atoms with Crippen LogP contribution in [-0.2, 0) is 16.1 Å². The van der Waals surface area contributed by atoms with Gasteiger partial charge in [0, 0.05) is 37.6 Å². The van der Waals surface area contributed by atoms with E-state index in [0.717, 1.165) is 42.1 Å². The molecular formula is C22H28N4O2S. The number of thiophene rings is 1. The summed E-state index contributed by atoms with van der Waals surface area (Å²) in [6.45, 7) is 9.22. The summed E-state index contributed by atoms with van der Waals surface area (Å²) in [6, 6.07) is 4.12. The molecular weight excluding hydrogens is 384 g/mol. The second kappa shape index (κ2) is 7.88. The van der Waals surface area contributed by atoms with Crippen molar-refractivity contribution < 1.29 is 9.53 Å². The van der Waals surface area contributed by atoms with Gasteiger partial charge in [-0.05, 0) is 40.7 Å². The van der Waals surface area contributed by atoms with E-state index in [0.29, 0.717) is 5.92 Å². The van der Waals surface area contributed by atoms with Crippen LogP contribution >= 0.6 is 11.3 Å². The first-order valence-corrected chi connectivity index (χ1v) is 10.9. The first-order valence-electron chi connectivity index (χ1n) is 10.0. The van der Waals surface area contributed by atoms with Crippen LogP contribution in [0.2, 0.25) is 0 Å². The van der Waals surface area contributed by atoms with Crippen molar-refractivity contribution in [3.8, 4) is 5.82 Å². The van der Waals surface area contributed by atoms with Gasteiger partial charge in [-0.1, -0.05) is 20.8 Å². The quantitative estimate of drug-likeness (QED) is 0.603. The van der Waals surface area contributed by atoms with Crippen molar-refractivity contribution in [1.82, 2.24) is 19.7 Å². The minimum Gasteiger partial charge on any atom is -0.469 e. The monoisotopic (exact) mass is 412 g/mol. The van der Waals surface area contributed by atoms with Crippen molar-refractivity contribution in [3.63, 3.8) is 0 Å². The lowest BCUT2D eigenvalue weighted by Gasteiger charge is -2.42. The molecule has 0 bridgehead atoms. The third-order valence-electron chi connectivity index (χ3n) is 5.89. The van der Waals surface area contributed by atoms with E-state index in [4.69, 9.17) is 4.74 Å². The first kappa shape index (κ1) is 20.0. The van der Waals surface area contributed by atoms with Crippen LogP contribution in [0.5, 0.6) is 0 Å². The van der Waals surface area contributed by atoms with Crippen LogP contribution in [-0.4, -0.2) is 45.8 Å². The average Bonchev–Trinajstić information content (AvgIpc) is 3.35. The van der Waals surface area contributed by atoms with Gasteiger partial charge in [0.2, 0.25) is 0 Å². The predicted molar refractivity (Wildman–Crippen MR) is 115 cm³/mol. The van der Waals surface area contributed by atoms with Gasteiger partial charge >= 0.3 is 5.97 Å². The van der Waals surface area contributed by atoms with Gasteiger partial charge in [0.15, 0.2) is 5.82 Å². The van der Waals surface area contributed by atoms with Gasteiger partial charge in [0.1, 0.15) is 0 Å². The predicted octanol–water partition coefficient (Wildman–Crippen LogP) is 4.14. The maximum absolute atomic E-state index is 12.3. The van der Waals surface area contributed by atoms with Crippen molar-refractivity contribution in [2.24, 2.45) is 17.3 Å². The number of fused-ring (bicyclic) bond motifs is 1. The second-order valence-corrected chi connectivity index (χ2v) is 9.90. The topological polar surface area (TPSA) is 60.2 Å². The Morgan fingerprint density at radius 3 is 2.90 bits per heavy atom. The Kier molecular flexibility index (Phi) is 5.44. The largest absolute Gasteiger partial charge is 0.469 e. The lowest BCUT2D eigenvalue weighted by molar-refractivity contribution is -0.149. The second-order valence-electron chi connectivity index (χ2n) is 8.98. The Morgan fingerprint density at radius 1 is 1.31 bits per heavy atom. The molecule has 0 N–H and O–H groups in total. The molecule has 6 nitrogen and oxygen atoms in total. The van der Waals surface area contributed by atoms with Crippen molar-refractivity contribution in [3.05, 3.63) is 41.7 Å². The van der Waals surface area contributed by atoms with Crippen molar-refractivity contribution in [1.29, 1.82) is 0 Å². The number of pyridine rings is 1. The summed E-state index contributed by atoms with van der Waals surface area (Å²) in [6.07, 6.45) is 6.67. The molecule has 154 valence electrons. The van der Waals surface area contributed by atoms with E-state index in [1.54, 1.807) is 11.3 Å². The lowest BCUT2D eigenvalue weighted by Crippen LogP contribution is -2.46. The summed E-state index contributed by atoms with van der Waals surface area (Å²) in [7, 11) is 1.48. The van der Waals surface area contributed by atoms with Gasteiger partial charge in [-0.2, -0.15) is 5.10 Å². The summed E-state index contributed by atoms with van der Waals surface area (Å²) in [4.78, 5) is 19.2. The average molecular weight is 413 g/mol. The van der Waals surface area contributed by atoms with E-state index in [1.165, 1.54) is 12.5 Å². The fraction of sp³-hybridized carbons (Fsp3) is 0.500. The summed E-state index contributed by atoms with van der Waals surface area (Å²) in [5.74, 6) is 1.13. The van der Waals surface area contributed by atoms with Crippen LogP contribution in [0.1, 0.15) is 32.8 Å². The number of hydrogen-bond acceptors (Lipinski definition) is 6. The summed E-state index contributed by atoms with van der Waals surface area (Å²) < 4.78 is 8.05. The molecule has 0 unspecified atom stereocenters. The minimum atomic E-state index is -0.104. The van der Waals surface area contributed by atoms with E-state index >= 15 is 0 Å². The third kappa shape index (κ3) is 4.21. The molecule has 1 aliphatic rings. The zero-order valence-electron chi connectivity index (χ0n) is 17.5. The number of esters is 1. The Balaban J connectivity index is 1.54. The van der Waals surface area contributed by atoms with E-state index in [1.807, 2.05) is 23.1 Å². The van der Waals surface area contributed by atoms with Crippen LogP contribution in [0.15, 0.2) is 36.1 Å².